The molecular formula is C26H25Cl2N7. The van der Waals surface area contributed by atoms with Gasteiger partial charge in [0.1, 0.15) is 11.6 Å². The maximum Gasteiger partial charge on any atom is 0.251 e. The summed E-state index contributed by atoms with van der Waals surface area (Å²) in [5.74, 6) is 1.84. The van der Waals surface area contributed by atoms with Crippen molar-refractivity contribution < 1.29 is 0 Å². The fourth-order valence-electron chi connectivity index (χ4n) is 4.76. The molecule has 4 aliphatic rings. The van der Waals surface area contributed by atoms with Gasteiger partial charge >= 0.3 is 0 Å². The number of halogens is 2. The third-order valence-corrected chi connectivity index (χ3v) is 7.31. The zero-order chi connectivity index (χ0) is 23.9. The van der Waals surface area contributed by atoms with Crippen molar-refractivity contribution in [1.29, 1.82) is 0 Å². The van der Waals surface area contributed by atoms with Crippen LogP contribution in [0.1, 0.15) is 0 Å². The molecular weight excluding hydrogens is 481 g/mol. The summed E-state index contributed by atoms with van der Waals surface area (Å²) in [5, 5.41) is 4.80. The lowest BCUT2D eigenvalue weighted by Gasteiger charge is -2.34. The lowest BCUT2D eigenvalue weighted by Crippen LogP contribution is -2.44. The number of piperazine rings is 1. The molecule has 0 spiro atoms. The molecule has 2 aromatic carbocycles. The zero-order valence-electron chi connectivity index (χ0n) is 19.4. The van der Waals surface area contributed by atoms with Crippen LogP contribution in [0.25, 0.3) is 22.5 Å². The number of likely N-dealkylation sites (N-methyl/N-ethyl adjacent to an activating group) is 1. The molecule has 1 saturated heterocycles. The van der Waals surface area contributed by atoms with E-state index in [0.29, 0.717) is 21.4 Å². The van der Waals surface area contributed by atoms with Crippen LogP contribution in [-0.2, 0) is 6.54 Å². The quantitative estimate of drug-likeness (QED) is 0.434. The van der Waals surface area contributed by atoms with Gasteiger partial charge in [-0.05, 0) is 37.4 Å². The van der Waals surface area contributed by atoms with Crippen LogP contribution < -0.4 is 15.8 Å². The fraction of sp³-hybridized carbons (Fsp3) is 0.269. The van der Waals surface area contributed by atoms with Crippen molar-refractivity contribution in [3.8, 4) is 22.5 Å². The summed E-state index contributed by atoms with van der Waals surface area (Å²) < 4.78 is 2.17. The topological polar surface area (TPSA) is 61.6 Å². The van der Waals surface area contributed by atoms with Crippen molar-refractivity contribution in [1.82, 2.24) is 19.4 Å². The van der Waals surface area contributed by atoms with Gasteiger partial charge < -0.3 is 19.7 Å². The second kappa shape index (κ2) is 9.15. The van der Waals surface area contributed by atoms with Gasteiger partial charge in [-0.25, -0.2) is 9.98 Å². The summed E-state index contributed by atoms with van der Waals surface area (Å²) in [6.07, 6.45) is 1.82. The van der Waals surface area contributed by atoms with Crippen molar-refractivity contribution in [3.63, 3.8) is 0 Å². The van der Waals surface area contributed by atoms with Crippen molar-refractivity contribution >= 4 is 40.4 Å². The number of hydrogen-bond donors (Lipinski definition) is 1. The van der Waals surface area contributed by atoms with Gasteiger partial charge in [0.2, 0.25) is 0 Å². The lowest BCUT2D eigenvalue weighted by atomic mass is 10.0. The van der Waals surface area contributed by atoms with Crippen LogP contribution in [0.5, 0.6) is 0 Å². The van der Waals surface area contributed by atoms with E-state index in [4.69, 9.17) is 28.2 Å². The Balaban J connectivity index is 1.38. The minimum absolute atomic E-state index is 0.388. The molecule has 9 heteroatoms. The summed E-state index contributed by atoms with van der Waals surface area (Å²) in [7, 11) is 2.15. The van der Waals surface area contributed by atoms with Crippen molar-refractivity contribution in [2.45, 2.75) is 6.54 Å². The third kappa shape index (κ3) is 4.24. The summed E-state index contributed by atoms with van der Waals surface area (Å²) in [5.41, 5.74) is 5.12. The summed E-state index contributed by atoms with van der Waals surface area (Å²) in [4.78, 5) is 18.7. The summed E-state index contributed by atoms with van der Waals surface area (Å²) >= 11 is 13.1. The number of anilines is 2. The molecule has 0 amide bonds. The summed E-state index contributed by atoms with van der Waals surface area (Å²) in [6, 6.07) is 16.0. The monoisotopic (exact) mass is 505 g/mol. The first kappa shape index (κ1) is 22.3. The molecule has 0 aliphatic carbocycles. The molecule has 2 aromatic rings. The lowest BCUT2D eigenvalue weighted by molar-refractivity contribution is 0.313. The standard InChI is InChI=1S/C26H25Cl2N7/c1-33-10-12-34(13-11-33)18-6-7-23(22(28)15-18)31-26-30-16-17-14-20(19-4-2-3-5-21(19)27)25-29-8-9-35(25)24(17)32-26/h2-7,14-16,29H,8-13H2,1H3. The van der Waals surface area contributed by atoms with E-state index in [1.165, 1.54) is 0 Å². The predicted molar refractivity (Wildman–Crippen MR) is 142 cm³/mol. The van der Waals surface area contributed by atoms with Gasteiger partial charge in [-0.15, -0.1) is 0 Å². The molecule has 4 aliphatic heterocycles. The number of fused-ring (bicyclic) bond motifs is 3. The van der Waals surface area contributed by atoms with Crippen LogP contribution in [0.15, 0.2) is 59.7 Å². The molecule has 6 rings (SSSR count). The Morgan fingerprint density at radius 3 is 2.54 bits per heavy atom. The Kier molecular flexibility index (Phi) is 5.84. The van der Waals surface area contributed by atoms with Crippen LogP contribution in [0.4, 0.5) is 17.2 Å². The average molecular weight is 506 g/mol. The molecule has 0 saturated carbocycles. The van der Waals surface area contributed by atoms with Gasteiger partial charge in [-0.3, -0.25) is 0 Å². The van der Waals surface area contributed by atoms with Gasteiger partial charge in [0.15, 0.2) is 0 Å². The van der Waals surface area contributed by atoms with Gasteiger partial charge in [-0.1, -0.05) is 41.4 Å². The van der Waals surface area contributed by atoms with E-state index in [0.717, 1.165) is 73.3 Å². The number of aromatic nitrogens is 3. The number of nitrogens with one attached hydrogen (secondary N) is 1. The highest BCUT2D eigenvalue weighted by Crippen LogP contribution is 2.39. The van der Waals surface area contributed by atoms with E-state index < -0.39 is 0 Å². The van der Waals surface area contributed by atoms with E-state index in [1.807, 2.05) is 42.6 Å². The molecule has 0 aromatic heterocycles. The van der Waals surface area contributed by atoms with Crippen molar-refractivity contribution in [2.75, 3.05) is 50.0 Å². The van der Waals surface area contributed by atoms with Crippen LogP contribution in [0.3, 0.4) is 0 Å². The normalized spacial score (nSPS) is 16.5. The summed E-state index contributed by atoms with van der Waals surface area (Å²) in [6.45, 7) is 5.70. The molecule has 4 heterocycles. The first-order valence-electron chi connectivity index (χ1n) is 11.7. The third-order valence-electron chi connectivity index (χ3n) is 6.68. The molecule has 7 nitrogen and oxygen atoms in total. The van der Waals surface area contributed by atoms with Crippen LogP contribution in [0, 0.1) is 0 Å². The molecule has 0 radical (unpaired) electrons. The highest BCUT2D eigenvalue weighted by atomic mass is 35.5. The first-order valence-corrected chi connectivity index (χ1v) is 12.5. The molecule has 35 heavy (non-hydrogen) atoms. The van der Waals surface area contributed by atoms with Crippen LogP contribution in [0.2, 0.25) is 10.0 Å². The Labute approximate surface area is 214 Å². The number of hydrogen-bond acceptors (Lipinski definition) is 6. The van der Waals surface area contributed by atoms with E-state index in [9.17, 15) is 0 Å². The van der Waals surface area contributed by atoms with E-state index in [2.05, 4.69) is 48.8 Å². The molecule has 0 atom stereocenters. The van der Waals surface area contributed by atoms with E-state index in [1.54, 1.807) is 0 Å². The molecule has 178 valence electrons. The molecule has 0 unspecified atom stereocenters. The fourth-order valence-corrected chi connectivity index (χ4v) is 5.21. The highest BCUT2D eigenvalue weighted by Gasteiger charge is 2.23. The van der Waals surface area contributed by atoms with Gasteiger partial charge in [0.25, 0.3) is 5.62 Å². The first-order chi connectivity index (χ1) is 17.1. The average Bonchev–Trinajstić information content (AvgIpc) is 3.36. The maximum atomic E-state index is 6.63. The van der Waals surface area contributed by atoms with E-state index in [-0.39, 0.29) is 0 Å². The minimum atomic E-state index is 0.388. The minimum Gasteiger partial charge on any atom is -0.369 e. The number of nitrogens with zero attached hydrogens (tertiary/aromatic N) is 6. The number of pyridine rings is 1. The second-order valence-corrected chi connectivity index (χ2v) is 9.77. The SMILES string of the molecule is CN1CCN(c2ccc(N=c3ncc4cc(-c5ccccc5Cl)c5n(c-4n3)CCN5)c(Cl)c2)CC1. The van der Waals surface area contributed by atoms with Gasteiger partial charge in [0, 0.05) is 72.9 Å². The Morgan fingerprint density at radius 1 is 0.914 bits per heavy atom. The van der Waals surface area contributed by atoms with Crippen molar-refractivity contribution in [3.05, 3.63) is 70.4 Å². The van der Waals surface area contributed by atoms with E-state index >= 15 is 0 Å². The van der Waals surface area contributed by atoms with Crippen molar-refractivity contribution in [2.24, 2.45) is 4.99 Å². The Hall–Kier alpha value is -3.13. The zero-order valence-corrected chi connectivity index (χ0v) is 20.9. The highest BCUT2D eigenvalue weighted by molar-refractivity contribution is 6.33. The Morgan fingerprint density at radius 2 is 1.74 bits per heavy atom. The molecule has 1 N–H and O–H groups in total. The number of rotatable bonds is 3. The van der Waals surface area contributed by atoms with Crippen LogP contribution in [-0.4, -0.2) is 59.2 Å². The predicted octanol–water partition coefficient (Wildman–Crippen LogP) is 4.77. The van der Waals surface area contributed by atoms with Gasteiger partial charge in [0.05, 0.1) is 10.7 Å². The number of benzene rings is 2. The second-order valence-electron chi connectivity index (χ2n) is 8.95. The van der Waals surface area contributed by atoms with Crippen LogP contribution >= 0.6 is 23.2 Å². The molecule has 0 bridgehead atoms. The van der Waals surface area contributed by atoms with Gasteiger partial charge in [-0.2, -0.15) is 4.98 Å². The maximum absolute atomic E-state index is 6.63. The smallest absolute Gasteiger partial charge is 0.251 e. The largest absolute Gasteiger partial charge is 0.369 e. The molecule has 1 fully saturated rings. The Bertz CT molecular complexity index is 1440.